The van der Waals surface area contributed by atoms with E-state index in [1.807, 2.05) is 0 Å². The number of carbonyl (C=O) groups is 2. The second-order valence-electron chi connectivity index (χ2n) is 4.33. The van der Waals surface area contributed by atoms with Crippen LogP contribution in [-0.2, 0) is 25.5 Å². The van der Waals surface area contributed by atoms with Gasteiger partial charge in [0, 0.05) is 19.3 Å². The number of nitrogens with one attached hydrogen (secondary N) is 1. The van der Waals surface area contributed by atoms with Crippen LogP contribution in [0.3, 0.4) is 0 Å². The molecule has 6 heteroatoms. The Hall–Kier alpha value is -2.08. The van der Waals surface area contributed by atoms with Crippen LogP contribution < -0.4 is 11.1 Å². The van der Waals surface area contributed by atoms with Gasteiger partial charge in [0.1, 0.15) is 0 Å². The summed E-state index contributed by atoms with van der Waals surface area (Å²) in [6.45, 7) is 2.33. The lowest BCUT2D eigenvalue weighted by Gasteiger charge is -2.13. The summed E-state index contributed by atoms with van der Waals surface area (Å²) in [7, 11) is 1.54. The molecule has 1 unspecified atom stereocenters. The van der Waals surface area contributed by atoms with Crippen LogP contribution in [0, 0.1) is 0 Å². The van der Waals surface area contributed by atoms with E-state index in [-0.39, 0.29) is 12.3 Å². The number of ether oxygens (including phenoxy) is 2. The number of nitrogen functional groups attached to an aromatic ring is 1. The van der Waals surface area contributed by atoms with Crippen molar-refractivity contribution in [1.29, 1.82) is 0 Å². The number of hydrogen-bond acceptors (Lipinski definition) is 5. The molecule has 20 heavy (non-hydrogen) atoms. The molecule has 0 spiro atoms. The van der Waals surface area contributed by atoms with Gasteiger partial charge in [0.15, 0.2) is 6.10 Å². The molecule has 0 saturated carbocycles. The first-order valence-corrected chi connectivity index (χ1v) is 6.33. The van der Waals surface area contributed by atoms with E-state index >= 15 is 0 Å². The second kappa shape index (κ2) is 8.16. The normalized spacial score (nSPS) is 11.7. The predicted molar refractivity (Wildman–Crippen MR) is 75.0 cm³/mol. The van der Waals surface area contributed by atoms with Crippen LogP contribution in [0.5, 0.6) is 0 Å². The molecule has 0 fully saturated rings. The molecule has 0 saturated heterocycles. The SMILES string of the molecule is COCCNC(=O)C(C)OC(=O)Cc1ccc(N)cc1. The van der Waals surface area contributed by atoms with Gasteiger partial charge in [-0.25, -0.2) is 0 Å². The first-order valence-electron chi connectivity index (χ1n) is 6.33. The molecule has 0 aliphatic carbocycles. The molecule has 1 amide bonds. The maximum Gasteiger partial charge on any atom is 0.311 e. The van der Waals surface area contributed by atoms with Crippen molar-refractivity contribution in [2.24, 2.45) is 0 Å². The van der Waals surface area contributed by atoms with E-state index in [0.717, 1.165) is 5.56 Å². The highest BCUT2D eigenvalue weighted by Gasteiger charge is 2.17. The topological polar surface area (TPSA) is 90.6 Å². The summed E-state index contributed by atoms with van der Waals surface area (Å²) in [5.74, 6) is -0.795. The van der Waals surface area contributed by atoms with E-state index in [9.17, 15) is 9.59 Å². The van der Waals surface area contributed by atoms with Crippen LogP contribution in [0.25, 0.3) is 0 Å². The van der Waals surface area contributed by atoms with Crippen LogP contribution in [-0.4, -0.2) is 38.2 Å². The van der Waals surface area contributed by atoms with Crippen molar-refractivity contribution in [3.05, 3.63) is 29.8 Å². The minimum atomic E-state index is -0.826. The number of rotatable bonds is 7. The first kappa shape index (κ1) is 16.0. The molecular formula is C14H20N2O4. The van der Waals surface area contributed by atoms with Crippen LogP contribution in [0.4, 0.5) is 5.69 Å². The monoisotopic (exact) mass is 280 g/mol. The summed E-state index contributed by atoms with van der Waals surface area (Å²) in [6, 6.07) is 6.92. The fourth-order valence-electron chi connectivity index (χ4n) is 1.51. The van der Waals surface area contributed by atoms with Crippen molar-refractivity contribution < 1.29 is 19.1 Å². The Kier molecular flexibility index (Phi) is 6.52. The molecule has 0 radical (unpaired) electrons. The molecule has 110 valence electrons. The first-order chi connectivity index (χ1) is 9.52. The molecule has 0 bridgehead atoms. The lowest BCUT2D eigenvalue weighted by molar-refractivity contribution is -0.154. The third-order valence-corrected chi connectivity index (χ3v) is 2.61. The summed E-state index contributed by atoms with van der Waals surface area (Å²) >= 11 is 0. The number of methoxy groups -OCH3 is 1. The van der Waals surface area contributed by atoms with Crippen LogP contribution >= 0.6 is 0 Å². The van der Waals surface area contributed by atoms with Gasteiger partial charge >= 0.3 is 5.97 Å². The number of benzene rings is 1. The number of carbonyl (C=O) groups excluding carboxylic acids is 2. The molecule has 0 aliphatic rings. The van der Waals surface area contributed by atoms with E-state index in [1.165, 1.54) is 6.92 Å². The Balaban J connectivity index is 2.37. The summed E-state index contributed by atoms with van der Waals surface area (Å²) in [6.07, 6.45) is -0.719. The molecule has 0 aliphatic heterocycles. The van der Waals surface area contributed by atoms with Gasteiger partial charge in [0.2, 0.25) is 0 Å². The summed E-state index contributed by atoms with van der Waals surface area (Å²) in [5, 5.41) is 2.60. The smallest absolute Gasteiger partial charge is 0.311 e. The summed E-state index contributed by atoms with van der Waals surface area (Å²) in [4.78, 5) is 23.3. The number of esters is 1. The zero-order valence-corrected chi connectivity index (χ0v) is 11.7. The fourth-order valence-corrected chi connectivity index (χ4v) is 1.51. The lowest BCUT2D eigenvalue weighted by Crippen LogP contribution is -2.37. The van der Waals surface area contributed by atoms with Gasteiger partial charge in [0.05, 0.1) is 13.0 Å². The molecule has 1 atom stereocenters. The third-order valence-electron chi connectivity index (χ3n) is 2.61. The molecule has 6 nitrogen and oxygen atoms in total. The molecule has 3 N–H and O–H groups in total. The number of amides is 1. The van der Waals surface area contributed by atoms with Crippen molar-refractivity contribution in [3.63, 3.8) is 0 Å². The highest BCUT2D eigenvalue weighted by Crippen LogP contribution is 2.07. The van der Waals surface area contributed by atoms with Crippen molar-refractivity contribution in [1.82, 2.24) is 5.32 Å². The lowest BCUT2D eigenvalue weighted by atomic mass is 10.1. The average molecular weight is 280 g/mol. The highest BCUT2D eigenvalue weighted by molar-refractivity contribution is 5.83. The van der Waals surface area contributed by atoms with Crippen molar-refractivity contribution in [2.75, 3.05) is 26.0 Å². The third kappa shape index (κ3) is 5.71. The fraction of sp³-hybridized carbons (Fsp3) is 0.429. The minimum absolute atomic E-state index is 0.107. The quantitative estimate of drug-likeness (QED) is 0.431. The zero-order chi connectivity index (χ0) is 15.0. The molecule has 1 aromatic carbocycles. The number of hydrogen-bond donors (Lipinski definition) is 2. The van der Waals surface area contributed by atoms with E-state index in [2.05, 4.69) is 5.32 Å². The standard InChI is InChI=1S/C14H20N2O4/c1-10(14(18)16-7-8-19-2)20-13(17)9-11-3-5-12(15)6-4-11/h3-6,10H,7-9,15H2,1-2H3,(H,16,18). The molecule has 1 aromatic rings. The van der Waals surface area contributed by atoms with Gasteiger partial charge in [-0.1, -0.05) is 12.1 Å². The second-order valence-corrected chi connectivity index (χ2v) is 4.33. The molecular weight excluding hydrogens is 260 g/mol. The Morgan fingerprint density at radius 2 is 1.95 bits per heavy atom. The number of nitrogens with two attached hydrogens (primary N) is 1. The van der Waals surface area contributed by atoms with Gasteiger partial charge in [-0.05, 0) is 24.6 Å². The maximum atomic E-state index is 11.7. The van der Waals surface area contributed by atoms with E-state index < -0.39 is 12.1 Å². The highest BCUT2D eigenvalue weighted by atomic mass is 16.5. The zero-order valence-electron chi connectivity index (χ0n) is 11.7. The Bertz CT molecular complexity index is 445. The summed E-state index contributed by atoms with van der Waals surface area (Å²) < 4.78 is 9.86. The van der Waals surface area contributed by atoms with Crippen LogP contribution in [0.2, 0.25) is 0 Å². The number of anilines is 1. The predicted octanol–water partition coefficient (Wildman–Crippen LogP) is 0.506. The largest absolute Gasteiger partial charge is 0.452 e. The maximum absolute atomic E-state index is 11.7. The van der Waals surface area contributed by atoms with E-state index in [4.69, 9.17) is 15.2 Å². The van der Waals surface area contributed by atoms with E-state index in [0.29, 0.717) is 18.8 Å². The van der Waals surface area contributed by atoms with Crippen molar-refractivity contribution >= 4 is 17.6 Å². The Labute approximate surface area is 118 Å². The van der Waals surface area contributed by atoms with Gasteiger partial charge in [0.25, 0.3) is 5.91 Å². The van der Waals surface area contributed by atoms with Gasteiger partial charge < -0.3 is 20.5 Å². The molecule has 0 heterocycles. The van der Waals surface area contributed by atoms with E-state index in [1.54, 1.807) is 31.4 Å². The molecule has 0 aromatic heterocycles. The van der Waals surface area contributed by atoms with Gasteiger partial charge in [-0.3, -0.25) is 9.59 Å². The Morgan fingerprint density at radius 1 is 1.30 bits per heavy atom. The van der Waals surface area contributed by atoms with Crippen LogP contribution in [0.1, 0.15) is 12.5 Å². The minimum Gasteiger partial charge on any atom is -0.452 e. The van der Waals surface area contributed by atoms with Gasteiger partial charge in [-0.2, -0.15) is 0 Å². The Morgan fingerprint density at radius 3 is 2.55 bits per heavy atom. The molecule has 1 rings (SSSR count). The summed E-state index contributed by atoms with van der Waals surface area (Å²) in [5.41, 5.74) is 6.98. The van der Waals surface area contributed by atoms with Crippen molar-refractivity contribution in [2.45, 2.75) is 19.4 Å². The average Bonchev–Trinajstić information content (AvgIpc) is 2.41. The van der Waals surface area contributed by atoms with Crippen LogP contribution in [0.15, 0.2) is 24.3 Å². The van der Waals surface area contributed by atoms with Gasteiger partial charge in [-0.15, -0.1) is 0 Å². The van der Waals surface area contributed by atoms with Crippen molar-refractivity contribution in [3.8, 4) is 0 Å².